The minimum atomic E-state index is 0.702. The van der Waals surface area contributed by atoms with E-state index in [9.17, 15) is 4.79 Å². The second-order valence-electron chi connectivity index (χ2n) is 3.64. The van der Waals surface area contributed by atoms with E-state index in [0.717, 1.165) is 22.7 Å². The minimum absolute atomic E-state index is 0.702. The molecule has 0 saturated carbocycles. The normalized spacial score (nSPS) is 10.1. The highest BCUT2D eigenvalue weighted by Crippen LogP contribution is 2.18. The summed E-state index contributed by atoms with van der Waals surface area (Å²) in [5.74, 6) is 0. The van der Waals surface area contributed by atoms with Crippen molar-refractivity contribution in [2.75, 3.05) is 0 Å². The molecule has 2 aromatic carbocycles. The molecule has 80 valence electrons. The van der Waals surface area contributed by atoms with Crippen molar-refractivity contribution in [2.24, 2.45) is 0 Å². The minimum Gasteiger partial charge on any atom is -0.298 e. The molecule has 0 atom stereocenters. The molecule has 0 radical (unpaired) electrons. The third-order valence-electron chi connectivity index (χ3n) is 2.44. The van der Waals surface area contributed by atoms with Crippen LogP contribution in [0.3, 0.4) is 0 Å². The molecule has 2 heteroatoms. The molecule has 2 aromatic rings. The fraction of sp³-hybridized carbons (Fsp3) is 0.0714. The first-order valence-corrected chi connectivity index (χ1v) is 5.86. The van der Waals surface area contributed by atoms with Crippen molar-refractivity contribution >= 4 is 22.2 Å². The SMILES string of the molecule is O=Cc1cc(Cc2ccccc2)ccc1Br. The average Bonchev–Trinajstić information content (AvgIpc) is 2.33. The lowest BCUT2D eigenvalue weighted by atomic mass is 10.0. The molecule has 0 N–H and O–H groups in total. The van der Waals surface area contributed by atoms with Crippen LogP contribution in [0.1, 0.15) is 21.5 Å². The van der Waals surface area contributed by atoms with Crippen LogP contribution in [-0.4, -0.2) is 6.29 Å². The summed E-state index contributed by atoms with van der Waals surface area (Å²) in [5, 5.41) is 0. The summed E-state index contributed by atoms with van der Waals surface area (Å²) in [6, 6.07) is 16.1. The van der Waals surface area contributed by atoms with Crippen molar-refractivity contribution in [3.8, 4) is 0 Å². The van der Waals surface area contributed by atoms with Gasteiger partial charge in [0.2, 0.25) is 0 Å². The number of hydrogen-bond acceptors (Lipinski definition) is 1. The number of carbonyl (C=O) groups is 1. The van der Waals surface area contributed by atoms with Gasteiger partial charge in [0.1, 0.15) is 0 Å². The van der Waals surface area contributed by atoms with Gasteiger partial charge in [-0.1, -0.05) is 52.3 Å². The highest BCUT2D eigenvalue weighted by atomic mass is 79.9. The lowest BCUT2D eigenvalue weighted by Gasteiger charge is -2.03. The Bertz CT molecular complexity index is 491. The van der Waals surface area contributed by atoms with Crippen molar-refractivity contribution in [1.29, 1.82) is 0 Å². The predicted octanol–water partition coefficient (Wildman–Crippen LogP) is 3.85. The summed E-state index contributed by atoms with van der Waals surface area (Å²) < 4.78 is 0.847. The Kier molecular flexibility index (Phi) is 3.52. The van der Waals surface area contributed by atoms with Crippen molar-refractivity contribution in [3.63, 3.8) is 0 Å². The largest absolute Gasteiger partial charge is 0.298 e. The van der Waals surface area contributed by atoms with Crippen LogP contribution in [0.5, 0.6) is 0 Å². The monoisotopic (exact) mass is 274 g/mol. The molecule has 0 aromatic heterocycles. The van der Waals surface area contributed by atoms with Gasteiger partial charge in [-0.2, -0.15) is 0 Å². The first-order chi connectivity index (χ1) is 7.79. The van der Waals surface area contributed by atoms with Gasteiger partial charge in [0.25, 0.3) is 0 Å². The average molecular weight is 275 g/mol. The van der Waals surface area contributed by atoms with Gasteiger partial charge < -0.3 is 0 Å². The van der Waals surface area contributed by atoms with Crippen LogP contribution < -0.4 is 0 Å². The molecular formula is C14H11BrO. The maximum absolute atomic E-state index is 10.8. The van der Waals surface area contributed by atoms with E-state index >= 15 is 0 Å². The van der Waals surface area contributed by atoms with E-state index in [1.54, 1.807) is 0 Å². The molecule has 16 heavy (non-hydrogen) atoms. The standard InChI is InChI=1S/C14H11BrO/c15-14-7-6-12(9-13(14)10-16)8-11-4-2-1-3-5-11/h1-7,9-10H,8H2. The first kappa shape index (κ1) is 11.1. The van der Waals surface area contributed by atoms with E-state index in [2.05, 4.69) is 28.1 Å². The third kappa shape index (κ3) is 2.58. The molecule has 0 aliphatic rings. The topological polar surface area (TPSA) is 17.1 Å². The van der Waals surface area contributed by atoms with Gasteiger partial charge in [0.05, 0.1) is 0 Å². The van der Waals surface area contributed by atoms with Gasteiger partial charge in [0, 0.05) is 10.0 Å². The third-order valence-corrected chi connectivity index (χ3v) is 3.16. The molecule has 0 heterocycles. The van der Waals surface area contributed by atoms with Crippen LogP contribution in [-0.2, 0) is 6.42 Å². The van der Waals surface area contributed by atoms with Crippen LogP contribution in [0.25, 0.3) is 0 Å². The summed E-state index contributed by atoms with van der Waals surface area (Å²) in [6.07, 6.45) is 1.73. The van der Waals surface area contributed by atoms with E-state index in [1.165, 1.54) is 5.56 Å². The lowest BCUT2D eigenvalue weighted by Crippen LogP contribution is -1.90. The summed E-state index contributed by atoms with van der Waals surface area (Å²) in [4.78, 5) is 10.8. The van der Waals surface area contributed by atoms with Crippen LogP contribution in [0, 0.1) is 0 Å². The van der Waals surface area contributed by atoms with Crippen LogP contribution >= 0.6 is 15.9 Å². The Morgan fingerprint density at radius 3 is 2.44 bits per heavy atom. The van der Waals surface area contributed by atoms with Gasteiger partial charge >= 0.3 is 0 Å². The highest BCUT2D eigenvalue weighted by molar-refractivity contribution is 9.10. The Labute approximate surface area is 103 Å². The number of halogens is 1. The Morgan fingerprint density at radius 2 is 1.75 bits per heavy atom. The predicted molar refractivity (Wildman–Crippen MR) is 68.8 cm³/mol. The van der Waals surface area contributed by atoms with Crippen LogP contribution in [0.2, 0.25) is 0 Å². The molecule has 0 unspecified atom stereocenters. The lowest BCUT2D eigenvalue weighted by molar-refractivity contribution is 0.112. The Hall–Kier alpha value is -1.41. The summed E-state index contributed by atoms with van der Waals surface area (Å²) >= 11 is 3.34. The smallest absolute Gasteiger partial charge is 0.151 e. The zero-order valence-corrected chi connectivity index (χ0v) is 10.3. The molecule has 0 fully saturated rings. The second-order valence-corrected chi connectivity index (χ2v) is 4.49. The van der Waals surface area contributed by atoms with Crippen molar-refractivity contribution in [2.45, 2.75) is 6.42 Å². The van der Waals surface area contributed by atoms with E-state index in [1.807, 2.05) is 36.4 Å². The molecule has 0 saturated heterocycles. The maximum atomic E-state index is 10.8. The van der Waals surface area contributed by atoms with Gasteiger partial charge in [0.15, 0.2) is 6.29 Å². The van der Waals surface area contributed by atoms with Crippen LogP contribution in [0.4, 0.5) is 0 Å². The van der Waals surface area contributed by atoms with Gasteiger partial charge in [-0.3, -0.25) is 4.79 Å². The molecule has 0 aliphatic heterocycles. The number of benzene rings is 2. The first-order valence-electron chi connectivity index (χ1n) is 5.07. The Morgan fingerprint density at radius 1 is 1.00 bits per heavy atom. The van der Waals surface area contributed by atoms with Crippen molar-refractivity contribution in [3.05, 3.63) is 69.7 Å². The highest BCUT2D eigenvalue weighted by Gasteiger charge is 2.01. The zero-order chi connectivity index (χ0) is 11.4. The van der Waals surface area contributed by atoms with Gasteiger partial charge in [-0.25, -0.2) is 0 Å². The van der Waals surface area contributed by atoms with Gasteiger partial charge in [-0.15, -0.1) is 0 Å². The second kappa shape index (κ2) is 5.08. The molecule has 0 amide bonds. The molecule has 0 spiro atoms. The maximum Gasteiger partial charge on any atom is 0.151 e. The van der Waals surface area contributed by atoms with E-state index in [-0.39, 0.29) is 0 Å². The molecular weight excluding hydrogens is 264 g/mol. The fourth-order valence-electron chi connectivity index (χ4n) is 1.63. The quantitative estimate of drug-likeness (QED) is 0.777. The van der Waals surface area contributed by atoms with Gasteiger partial charge in [-0.05, 0) is 29.7 Å². The van der Waals surface area contributed by atoms with E-state index in [0.29, 0.717) is 5.56 Å². The fourth-order valence-corrected chi connectivity index (χ4v) is 1.97. The Balaban J connectivity index is 2.26. The zero-order valence-electron chi connectivity index (χ0n) is 8.69. The molecule has 2 rings (SSSR count). The van der Waals surface area contributed by atoms with E-state index in [4.69, 9.17) is 0 Å². The van der Waals surface area contributed by atoms with Crippen LogP contribution in [0.15, 0.2) is 53.0 Å². The number of hydrogen-bond donors (Lipinski definition) is 0. The summed E-state index contributed by atoms with van der Waals surface area (Å²) in [5.41, 5.74) is 3.10. The molecule has 0 bridgehead atoms. The number of carbonyl (C=O) groups excluding carboxylic acids is 1. The van der Waals surface area contributed by atoms with Crippen molar-refractivity contribution < 1.29 is 4.79 Å². The number of aldehydes is 1. The molecule has 1 nitrogen and oxygen atoms in total. The molecule has 0 aliphatic carbocycles. The van der Waals surface area contributed by atoms with E-state index < -0.39 is 0 Å². The van der Waals surface area contributed by atoms with Crippen molar-refractivity contribution in [1.82, 2.24) is 0 Å². The summed E-state index contributed by atoms with van der Waals surface area (Å²) in [6.45, 7) is 0. The number of rotatable bonds is 3. The summed E-state index contributed by atoms with van der Waals surface area (Å²) in [7, 11) is 0.